The van der Waals surface area contributed by atoms with Gasteiger partial charge in [-0.05, 0) is 43.0 Å². The van der Waals surface area contributed by atoms with Gasteiger partial charge in [-0.3, -0.25) is 9.59 Å². The highest BCUT2D eigenvalue weighted by Crippen LogP contribution is 2.29. The Morgan fingerprint density at radius 3 is 2.96 bits per heavy atom. The minimum Gasteiger partial charge on any atom is -0.459 e. The van der Waals surface area contributed by atoms with E-state index in [1.807, 2.05) is 24.5 Å². The fourth-order valence-electron chi connectivity index (χ4n) is 2.24. The lowest BCUT2D eigenvalue weighted by Crippen LogP contribution is -2.25. The molecule has 0 aliphatic rings. The van der Waals surface area contributed by atoms with E-state index in [2.05, 4.69) is 15.6 Å². The highest BCUT2D eigenvalue weighted by molar-refractivity contribution is 8.00. The molecule has 3 aromatic rings. The molecule has 0 saturated carbocycles. The van der Waals surface area contributed by atoms with E-state index in [0.717, 1.165) is 20.2 Å². The number of rotatable bonds is 7. The molecule has 130 valence electrons. The Balaban J connectivity index is 1.45. The molecule has 0 radical (unpaired) electrons. The molecule has 0 aliphatic carbocycles. The Morgan fingerprint density at radius 1 is 1.32 bits per heavy atom. The van der Waals surface area contributed by atoms with Gasteiger partial charge in [0.25, 0.3) is 5.91 Å². The van der Waals surface area contributed by atoms with Crippen molar-refractivity contribution in [3.05, 3.63) is 42.4 Å². The van der Waals surface area contributed by atoms with Crippen molar-refractivity contribution in [1.29, 1.82) is 0 Å². The third-order valence-corrected chi connectivity index (χ3v) is 5.44. The summed E-state index contributed by atoms with van der Waals surface area (Å²) in [5.41, 5.74) is 1.70. The van der Waals surface area contributed by atoms with Crippen LogP contribution in [-0.2, 0) is 4.79 Å². The van der Waals surface area contributed by atoms with Gasteiger partial charge < -0.3 is 15.1 Å². The van der Waals surface area contributed by atoms with Crippen LogP contribution in [0.2, 0.25) is 0 Å². The first-order chi connectivity index (χ1) is 12.2. The molecule has 8 heteroatoms. The number of anilines is 1. The largest absolute Gasteiger partial charge is 0.459 e. The average Bonchev–Trinajstić information content (AvgIpc) is 3.27. The lowest BCUT2D eigenvalue weighted by atomic mass is 10.2. The number of hydrogen-bond donors (Lipinski definition) is 2. The fraction of sp³-hybridized carbons (Fsp3) is 0.235. The Hall–Kier alpha value is -2.32. The minimum absolute atomic E-state index is 0.0822. The number of amides is 2. The van der Waals surface area contributed by atoms with Crippen LogP contribution in [0.4, 0.5) is 5.69 Å². The summed E-state index contributed by atoms with van der Waals surface area (Å²) in [6.45, 7) is 0.415. The van der Waals surface area contributed by atoms with Crippen LogP contribution in [0.1, 0.15) is 23.4 Å². The van der Waals surface area contributed by atoms with E-state index < -0.39 is 0 Å². The fourth-order valence-corrected chi connectivity index (χ4v) is 3.77. The van der Waals surface area contributed by atoms with Crippen LogP contribution >= 0.6 is 23.1 Å². The number of carbonyl (C=O) groups is 2. The number of benzene rings is 1. The highest BCUT2D eigenvalue weighted by Gasteiger charge is 2.09. The van der Waals surface area contributed by atoms with Gasteiger partial charge in [0.1, 0.15) is 0 Å². The Labute approximate surface area is 153 Å². The van der Waals surface area contributed by atoms with Crippen molar-refractivity contribution in [2.24, 2.45) is 0 Å². The van der Waals surface area contributed by atoms with Crippen LogP contribution in [0.5, 0.6) is 0 Å². The molecule has 3 rings (SSSR count). The SMILES string of the molecule is CSc1nc2ccc(NC(=O)CCCNC(=O)c3ccco3)cc2s1. The maximum atomic E-state index is 12.0. The van der Waals surface area contributed by atoms with Crippen LogP contribution in [0.3, 0.4) is 0 Å². The molecular weight excluding hydrogens is 358 g/mol. The zero-order valence-electron chi connectivity index (χ0n) is 13.6. The molecule has 2 heterocycles. The summed E-state index contributed by atoms with van der Waals surface area (Å²) in [5.74, 6) is -0.0845. The number of nitrogens with zero attached hydrogens (tertiary/aromatic N) is 1. The van der Waals surface area contributed by atoms with E-state index in [0.29, 0.717) is 19.4 Å². The number of furan rings is 1. The molecule has 2 amide bonds. The molecule has 2 N–H and O–H groups in total. The van der Waals surface area contributed by atoms with Gasteiger partial charge in [-0.2, -0.15) is 0 Å². The molecule has 2 aromatic heterocycles. The standard InChI is InChI=1S/C17H17N3O3S2/c1-24-17-20-12-7-6-11(10-14(12)25-17)19-15(21)5-2-8-18-16(22)13-4-3-9-23-13/h3-4,6-7,9-10H,2,5,8H2,1H3,(H,18,22)(H,19,21). The van der Waals surface area contributed by atoms with Crippen molar-refractivity contribution in [2.75, 3.05) is 18.1 Å². The maximum Gasteiger partial charge on any atom is 0.286 e. The van der Waals surface area contributed by atoms with Crippen LogP contribution in [-0.4, -0.2) is 29.6 Å². The van der Waals surface area contributed by atoms with Crippen LogP contribution < -0.4 is 10.6 Å². The lowest BCUT2D eigenvalue weighted by Gasteiger charge is -2.06. The second-order valence-electron chi connectivity index (χ2n) is 5.25. The topological polar surface area (TPSA) is 84.2 Å². The first-order valence-electron chi connectivity index (χ1n) is 7.72. The molecule has 0 unspecified atom stereocenters. The number of carbonyl (C=O) groups excluding carboxylic acids is 2. The molecule has 0 spiro atoms. The zero-order valence-corrected chi connectivity index (χ0v) is 15.2. The summed E-state index contributed by atoms with van der Waals surface area (Å²) in [4.78, 5) is 28.2. The molecular formula is C17H17N3O3S2. The van der Waals surface area contributed by atoms with Gasteiger partial charge in [-0.25, -0.2) is 4.98 Å². The van der Waals surface area contributed by atoms with E-state index in [4.69, 9.17) is 4.42 Å². The predicted molar refractivity (Wildman–Crippen MR) is 100 cm³/mol. The minimum atomic E-state index is -0.273. The Kier molecular flexibility index (Phi) is 5.72. The van der Waals surface area contributed by atoms with Crippen molar-refractivity contribution in [3.8, 4) is 0 Å². The monoisotopic (exact) mass is 375 g/mol. The number of thiazole rings is 1. The summed E-state index contributed by atoms with van der Waals surface area (Å²) in [6, 6.07) is 8.95. The summed E-state index contributed by atoms with van der Waals surface area (Å²) < 4.78 is 7.05. The average molecular weight is 375 g/mol. The van der Waals surface area contributed by atoms with E-state index in [-0.39, 0.29) is 17.6 Å². The summed E-state index contributed by atoms with van der Waals surface area (Å²) in [5, 5.41) is 5.59. The van der Waals surface area contributed by atoms with Crippen LogP contribution in [0.25, 0.3) is 10.2 Å². The Morgan fingerprint density at radius 2 is 2.20 bits per heavy atom. The summed E-state index contributed by atoms with van der Waals surface area (Å²) >= 11 is 3.21. The number of nitrogens with one attached hydrogen (secondary N) is 2. The van der Waals surface area contributed by atoms with Gasteiger partial charge in [-0.15, -0.1) is 11.3 Å². The molecule has 0 aliphatic heterocycles. The molecule has 0 fully saturated rings. The Bertz CT molecular complexity index is 875. The van der Waals surface area contributed by atoms with Gasteiger partial charge in [-0.1, -0.05) is 11.8 Å². The van der Waals surface area contributed by atoms with Crippen molar-refractivity contribution in [1.82, 2.24) is 10.3 Å². The van der Waals surface area contributed by atoms with Gasteiger partial charge in [0.15, 0.2) is 10.1 Å². The van der Waals surface area contributed by atoms with E-state index >= 15 is 0 Å². The number of aromatic nitrogens is 1. The predicted octanol–water partition coefficient (Wildman–Crippen LogP) is 3.76. The molecule has 0 bridgehead atoms. The third kappa shape index (κ3) is 4.61. The van der Waals surface area contributed by atoms with Crippen LogP contribution in [0.15, 0.2) is 45.4 Å². The number of thioether (sulfide) groups is 1. The second-order valence-corrected chi connectivity index (χ2v) is 7.34. The number of hydrogen-bond acceptors (Lipinski definition) is 6. The first-order valence-corrected chi connectivity index (χ1v) is 9.76. The van der Waals surface area contributed by atoms with Gasteiger partial charge in [0.2, 0.25) is 5.91 Å². The third-order valence-electron chi connectivity index (χ3n) is 3.44. The summed E-state index contributed by atoms with van der Waals surface area (Å²) in [6.07, 6.45) is 4.32. The van der Waals surface area contributed by atoms with Crippen molar-refractivity contribution in [3.63, 3.8) is 0 Å². The summed E-state index contributed by atoms with van der Waals surface area (Å²) in [7, 11) is 0. The second kappa shape index (κ2) is 8.17. The van der Waals surface area contributed by atoms with Gasteiger partial charge in [0.05, 0.1) is 16.5 Å². The molecule has 6 nitrogen and oxygen atoms in total. The maximum absolute atomic E-state index is 12.0. The zero-order chi connectivity index (χ0) is 17.6. The number of fused-ring (bicyclic) bond motifs is 1. The molecule has 0 atom stereocenters. The quantitative estimate of drug-likeness (QED) is 0.485. The van der Waals surface area contributed by atoms with Gasteiger partial charge in [0, 0.05) is 18.7 Å². The van der Waals surface area contributed by atoms with Crippen molar-refractivity contribution >= 4 is 50.8 Å². The smallest absolute Gasteiger partial charge is 0.286 e. The highest BCUT2D eigenvalue weighted by atomic mass is 32.2. The van der Waals surface area contributed by atoms with Crippen molar-refractivity contribution in [2.45, 2.75) is 17.2 Å². The van der Waals surface area contributed by atoms with E-state index in [1.165, 1.54) is 6.26 Å². The lowest BCUT2D eigenvalue weighted by molar-refractivity contribution is -0.116. The van der Waals surface area contributed by atoms with Gasteiger partial charge >= 0.3 is 0 Å². The molecule has 25 heavy (non-hydrogen) atoms. The van der Waals surface area contributed by atoms with Crippen molar-refractivity contribution < 1.29 is 14.0 Å². The van der Waals surface area contributed by atoms with E-state index in [9.17, 15) is 9.59 Å². The molecule has 1 aromatic carbocycles. The molecule has 0 saturated heterocycles. The van der Waals surface area contributed by atoms with Crippen LogP contribution in [0, 0.1) is 0 Å². The normalized spacial score (nSPS) is 10.8. The van der Waals surface area contributed by atoms with E-state index in [1.54, 1.807) is 35.2 Å². The first kappa shape index (κ1) is 17.5.